The fraction of sp³-hybridized carbons (Fsp3) is 0.429. The van der Waals surface area contributed by atoms with Gasteiger partial charge in [0, 0.05) is 21.0 Å². The SMILES string of the molecule is O=C(NC1CC1)c1cc(Br)c(C(=O)NC2CC2)cc1Br. The summed E-state index contributed by atoms with van der Waals surface area (Å²) in [5, 5.41) is 5.88. The first-order chi connectivity index (χ1) is 9.54. The van der Waals surface area contributed by atoms with Crippen LogP contribution in [0.25, 0.3) is 0 Å². The number of benzene rings is 1. The summed E-state index contributed by atoms with van der Waals surface area (Å²) in [5.74, 6) is -0.205. The Labute approximate surface area is 133 Å². The van der Waals surface area contributed by atoms with E-state index >= 15 is 0 Å². The number of amides is 2. The summed E-state index contributed by atoms with van der Waals surface area (Å²) in [6, 6.07) is 4.02. The zero-order valence-electron chi connectivity index (χ0n) is 10.7. The first kappa shape index (κ1) is 14.1. The summed E-state index contributed by atoms with van der Waals surface area (Å²) in [6.45, 7) is 0. The van der Waals surface area contributed by atoms with E-state index in [0.717, 1.165) is 25.7 Å². The van der Waals surface area contributed by atoms with Gasteiger partial charge in [-0.05, 0) is 69.7 Å². The highest BCUT2D eigenvalue weighted by Gasteiger charge is 2.27. The van der Waals surface area contributed by atoms with E-state index in [1.165, 1.54) is 0 Å². The van der Waals surface area contributed by atoms with Gasteiger partial charge in [0.1, 0.15) is 0 Å². The minimum absolute atomic E-state index is 0.103. The normalized spacial score (nSPS) is 17.7. The summed E-state index contributed by atoms with van der Waals surface area (Å²) in [4.78, 5) is 24.1. The van der Waals surface area contributed by atoms with Crippen molar-refractivity contribution in [2.24, 2.45) is 0 Å². The Morgan fingerprint density at radius 3 is 1.50 bits per heavy atom. The molecule has 6 heteroatoms. The molecule has 0 unspecified atom stereocenters. The number of carbonyl (C=O) groups is 2. The lowest BCUT2D eigenvalue weighted by Gasteiger charge is -2.10. The molecule has 2 saturated carbocycles. The number of nitrogens with one attached hydrogen (secondary N) is 2. The minimum Gasteiger partial charge on any atom is -0.349 e. The van der Waals surface area contributed by atoms with E-state index in [1.807, 2.05) is 0 Å². The Bertz CT molecular complexity index is 529. The molecule has 3 rings (SSSR count). The van der Waals surface area contributed by atoms with Crippen LogP contribution in [0.2, 0.25) is 0 Å². The average Bonchev–Trinajstić information content (AvgIpc) is 3.27. The largest absolute Gasteiger partial charge is 0.349 e. The van der Waals surface area contributed by atoms with Crippen molar-refractivity contribution in [1.29, 1.82) is 0 Å². The van der Waals surface area contributed by atoms with Crippen LogP contribution in [0, 0.1) is 0 Å². The van der Waals surface area contributed by atoms with Crippen molar-refractivity contribution in [3.05, 3.63) is 32.2 Å². The summed E-state index contributed by atoms with van der Waals surface area (Å²) < 4.78 is 1.28. The smallest absolute Gasteiger partial charge is 0.252 e. The number of rotatable bonds is 4. The Morgan fingerprint density at radius 1 is 0.850 bits per heavy atom. The van der Waals surface area contributed by atoms with Gasteiger partial charge in [0.2, 0.25) is 0 Å². The van der Waals surface area contributed by atoms with E-state index in [9.17, 15) is 9.59 Å². The van der Waals surface area contributed by atoms with E-state index in [1.54, 1.807) is 12.1 Å². The summed E-state index contributed by atoms with van der Waals surface area (Å²) in [7, 11) is 0. The summed E-state index contributed by atoms with van der Waals surface area (Å²) in [6.07, 6.45) is 4.19. The van der Waals surface area contributed by atoms with E-state index in [4.69, 9.17) is 0 Å². The van der Waals surface area contributed by atoms with Crippen molar-refractivity contribution in [2.45, 2.75) is 37.8 Å². The van der Waals surface area contributed by atoms with Crippen molar-refractivity contribution in [1.82, 2.24) is 10.6 Å². The molecule has 0 heterocycles. The maximum Gasteiger partial charge on any atom is 0.252 e. The highest BCUT2D eigenvalue weighted by molar-refractivity contribution is 9.11. The fourth-order valence-corrected chi connectivity index (χ4v) is 2.92. The molecule has 1 aromatic rings. The van der Waals surface area contributed by atoms with Crippen molar-refractivity contribution < 1.29 is 9.59 Å². The lowest BCUT2D eigenvalue weighted by molar-refractivity contribution is 0.0937. The maximum atomic E-state index is 12.1. The fourth-order valence-electron chi connectivity index (χ4n) is 1.88. The third-order valence-corrected chi connectivity index (χ3v) is 4.68. The van der Waals surface area contributed by atoms with Gasteiger partial charge >= 0.3 is 0 Å². The van der Waals surface area contributed by atoms with Crippen molar-refractivity contribution in [2.75, 3.05) is 0 Å². The highest BCUT2D eigenvalue weighted by atomic mass is 79.9. The van der Waals surface area contributed by atoms with E-state index < -0.39 is 0 Å². The van der Waals surface area contributed by atoms with Crippen LogP contribution in [0.4, 0.5) is 0 Å². The third-order valence-electron chi connectivity index (χ3n) is 3.37. The second-order valence-corrected chi connectivity index (χ2v) is 7.02. The Balaban J connectivity index is 1.80. The van der Waals surface area contributed by atoms with Gasteiger partial charge in [0.05, 0.1) is 11.1 Å². The number of halogens is 2. The lowest BCUT2D eigenvalue weighted by Crippen LogP contribution is -2.27. The molecule has 0 aromatic heterocycles. The topological polar surface area (TPSA) is 58.2 Å². The molecule has 0 atom stereocenters. The molecular weight excluding hydrogens is 388 g/mol. The van der Waals surface area contributed by atoms with E-state index in [0.29, 0.717) is 32.2 Å². The van der Waals surface area contributed by atoms with Crippen LogP contribution >= 0.6 is 31.9 Å². The van der Waals surface area contributed by atoms with Crippen molar-refractivity contribution in [3.8, 4) is 0 Å². The standard InChI is InChI=1S/C14H14Br2N2O2/c15-11-6-10(14(20)18-8-3-4-8)12(16)5-9(11)13(19)17-7-1-2-7/h5-8H,1-4H2,(H,17,19)(H,18,20). The molecule has 1 aromatic carbocycles. The molecule has 2 aliphatic rings. The molecule has 0 saturated heterocycles. The van der Waals surface area contributed by atoms with Gasteiger partial charge in [0.25, 0.3) is 11.8 Å². The highest BCUT2D eigenvalue weighted by Crippen LogP contribution is 2.28. The molecular formula is C14H14Br2N2O2. The molecule has 0 bridgehead atoms. The number of hydrogen-bond acceptors (Lipinski definition) is 2. The Morgan fingerprint density at radius 2 is 1.20 bits per heavy atom. The lowest BCUT2D eigenvalue weighted by atomic mass is 10.1. The molecule has 4 nitrogen and oxygen atoms in total. The van der Waals surface area contributed by atoms with Gasteiger partial charge in [-0.3, -0.25) is 9.59 Å². The number of hydrogen-bond donors (Lipinski definition) is 2. The number of carbonyl (C=O) groups excluding carboxylic acids is 2. The maximum absolute atomic E-state index is 12.1. The predicted molar refractivity (Wildman–Crippen MR) is 82.8 cm³/mol. The second kappa shape index (κ2) is 5.48. The zero-order valence-corrected chi connectivity index (χ0v) is 13.9. The van der Waals surface area contributed by atoms with Gasteiger partial charge in [0.15, 0.2) is 0 Å². The van der Waals surface area contributed by atoms with Crippen LogP contribution in [0.5, 0.6) is 0 Å². The molecule has 0 spiro atoms. The van der Waals surface area contributed by atoms with Crippen LogP contribution in [0.3, 0.4) is 0 Å². The zero-order chi connectivity index (χ0) is 14.3. The first-order valence-corrected chi connectivity index (χ1v) is 8.24. The van der Waals surface area contributed by atoms with E-state index in [2.05, 4.69) is 42.5 Å². The average molecular weight is 402 g/mol. The van der Waals surface area contributed by atoms with Gasteiger partial charge in [-0.15, -0.1) is 0 Å². The predicted octanol–water partition coefficient (Wildman–Crippen LogP) is 3.00. The van der Waals surface area contributed by atoms with Crippen LogP contribution in [-0.2, 0) is 0 Å². The van der Waals surface area contributed by atoms with Crippen molar-refractivity contribution in [3.63, 3.8) is 0 Å². The first-order valence-electron chi connectivity index (χ1n) is 6.65. The van der Waals surface area contributed by atoms with Crippen molar-refractivity contribution >= 4 is 43.7 Å². The Kier molecular flexibility index (Phi) is 3.86. The minimum atomic E-state index is -0.103. The van der Waals surface area contributed by atoms with Gasteiger partial charge < -0.3 is 10.6 Å². The van der Waals surface area contributed by atoms with E-state index in [-0.39, 0.29) is 11.8 Å². The van der Waals surface area contributed by atoms with Crippen LogP contribution in [0.15, 0.2) is 21.1 Å². The molecule has 106 valence electrons. The molecule has 0 aliphatic heterocycles. The van der Waals surface area contributed by atoms with Gasteiger partial charge in [-0.25, -0.2) is 0 Å². The molecule has 2 N–H and O–H groups in total. The molecule has 2 amide bonds. The third kappa shape index (κ3) is 3.23. The quantitative estimate of drug-likeness (QED) is 0.814. The van der Waals surface area contributed by atoms with Gasteiger partial charge in [-0.1, -0.05) is 0 Å². The van der Waals surface area contributed by atoms with Crippen LogP contribution in [-0.4, -0.2) is 23.9 Å². The van der Waals surface area contributed by atoms with Crippen LogP contribution in [0.1, 0.15) is 46.4 Å². The van der Waals surface area contributed by atoms with Gasteiger partial charge in [-0.2, -0.15) is 0 Å². The molecule has 20 heavy (non-hydrogen) atoms. The van der Waals surface area contributed by atoms with Crippen LogP contribution < -0.4 is 10.6 Å². The summed E-state index contributed by atoms with van der Waals surface area (Å²) >= 11 is 6.76. The summed E-state index contributed by atoms with van der Waals surface area (Å²) in [5.41, 5.74) is 1.10. The molecule has 2 fully saturated rings. The second-order valence-electron chi connectivity index (χ2n) is 5.31. The molecule has 0 radical (unpaired) electrons. The Hall–Kier alpha value is -0.880. The monoisotopic (exact) mass is 400 g/mol. The molecule has 2 aliphatic carbocycles.